The van der Waals surface area contributed by atoms with Crippen LogP contribution >= 0.6 is 15.9 Å². The van der Waals surface area contributed by atoms with Crippen LogP contribution in [0.1, 0.15) is 18.9 Å². The summed E-state index contributed by atoms with van der Waals surface area (Å²) in [5, 5.41) is 9.95. The van der Waals surface area contributed by atoms with Crippen molar-refractivity contribution in [3.05, 3.63) is 34.1 Å². The standard InChI is InChI=1S/C10H13BrFNO/c1-10(14,5-6-13)7-3-2-4-8(11)9(7)12/h2-4,14H,5-6,13H2,1H3. The summed E-state index contributed by atoms with van der Waals surface area (Å²) in [6, 6.07) is 4.85. The number of hydrogen-bond donors (Lipinski definition) is 2. The molecule has 0 aliphatic rings. The van der Waals surface area contributed by atoms with Gasteiger partial charge in [0.15, 0.2) is 0 Å². The molecule has 0 amide bonds. The van der Waals surface area contributed by atoms with Crippen LogP contribution in [0.25, 0.3) is 0 Å². The molecule has 0 saturated heterocycles. The molecule has 3 N–H and O–H groups in total. The molecule has 0 radical (unpaired) electrons. The van der Waals surface area contributed by atoms with Gasteiger partial charge < -0.3 is 10.8 Å². The average molecular weight is 262 g/mol. The van der Waals surface area contributed by atoms with Crippen LogP contribution in [0.3, 0.4) is 0 Å². The molecule has 0 aliphatic carbocycles. The maximum atomic E-state index is 13.6. The Bertz CT molecular complexity index is 328. The van der Waals surface area contributed by atoms with E-state index in [1.807, 2.05) is 0 Å². The van der Waals surface area contributed by atoms with Gasteiger partial charge in [-0.3, -0.25) is 0 Å². The van der Waals surface area contributed by atoms with Crippen molar-refractivity contribution >= 4 is 15.9 Å². The summed E-state index contributed by atoms with van der Waals surface area (Å²) < 4.78 is 13.9. The number of hydrogen-bond acceptors (Lipinski definition) is 2. The number of nitrogens with two attached hydrogens (primary N) is 1. The first-order chi connectivity index (χ1) is 6.49. The van der Waals surface area contributed by atoms with Crippen LogP contribution < -0.4 is 5.73 Å². The second-order valence-electron chi connectivity index (χ2n) is 3.41. The fourth-order valence-electron chi connectivity index (χ4n) is 1.34. The molecule has 1 rings (SSSR count). The lowest BCUT2D eigenvalue weighted by molar-refractivity contribution is 0.0466. The van der Waals surface area contributed by atoms with Crippen LogP contribution in [0, 0.1) is 5.82 Å². The zero-order valence-corrected chi connectivity index (χ0v) is 9.51. The first-order valence-electron chi connectivity index (χ1n) is 4.36. The SMILES string of the molecule is CC(O)(CCN)c1cccc(Br)c1F. The highest BCUT2D eigenvalue weighted by atomic mass is 79.9. The Morgan fingerprint density at radius 1 is 1.57 bits per heavy atom. The van der Waals surface area contributed by atoms with Gasteiger partial charge in [-0.1, -0.05) is 12.1 Å². The molecule has 1 unspecified atom stereocenters. The molecule has 0 aliphatic heterocycles. The first kappa shape index (κ1) is 11.6. The molecule has 0 saturated carbocycles. The summed E-state index contributed by atoms with van der Waals surface area (Å²) in [6.07, 6.45) is 0.334. The summed E-state index contributed by atoms with van der Waals surface area (Å²) >= 11 is 3.07. The first-order valence-corrected chi connectivity index (χ1v) is 5.15. The number of benzene rings is 1. The third-order valence-corrected chi connectivity index (χ3v) is 2.78. The summed E-state index contributed by atoms with van der Waals surface area (Å²) in [7, 11) is 0. The van der Waals surface area contributed by atoms with Crippen LogP contribution in [0.4, 0.5) is 4.39 Å². The molecule has 1 atom stereocenters. The van der Waals surface area contributed by atoms with Gasteiger partial charge in [-0.15, -0.1) is 0 Å². The summed E-state index contributed by atoms with van der Waals surface area (Å²) in [5.74, 6) is -0.425. The molecular weight excluding hydrogens is 249 g/mol. The van der Waals surface area contributed by atoms with Gasteiger partial charge in [-0.25, -0.2) is 4.39 Å². The lowest BCUT2D eigenvalue weighted by Gasteiger charge is -2.23. The Balaban J connectivity index is 3.12. The highest BCUT2D eigenvalue weighted by Gasteiger charge is 2.26. The molecule has 1 aromatic rings. The Kier molecular flexibility index (Phi) is 3.64. The zero-order chi connectivity index (χ0) is 10.8. The van der Waals surface area contributed by atoms with Gasteiger partial charge in [0.25, 0.3) is 0 Å². The molecule has 1 aromatic carbocycles. The van der Waals surface area contributed by atoms with Gasteiger partial charge in [0.05, 0.1) is 10.1 Å². The van der Waals surface area contributed by atoms with Crippen LogP contribution in [0.15, 0.2) is 22.7 Å². The minimum atomic E-state index is -1.21. The van der Waals surface area contributed by atoms with Gasteiger partial charge in [0.2, 0.25) is 0 Å². The van der Waals surface area contributed by atoms with Crippen LogP contribution in [-0.2, 0) is 5.60 Å². The van der Waals surface area contributed by atoms with Crippen molar-refractivity contribution in [3.8, 4) is 0 Å². The predicted octanol–water partition coefficient (Wildman–Crippen LogP) is 2.14. The van der Waals surface area contributed by atoms with E-state index >= 15 is 0 Å². The van der Waals surface area contributed by atoms with Gasteiger partial charge >= 0.3 is 0 Å². The molecule has 78 valence electrons. The smallest absolute Gasteiger partial charge is 0.143 e. The molecule has 2 nitrogen and oxygen atoms in total. The molecule has 0 aromatic heterocycles. The quantitative estimate of drug-likeness (QED) is 0.876. The van der Waals surface area contributed by atoms with Crippen molar-refractivity contribution in [1.29, 1.82) is 0 Å². The van der Waals surface area contributed by atoms with Crippen molar-refractivity contribution in [2.45, 2.75) is 18.9 Å². The fraction of sp³-hybridized carbons (Fsp3) is 0.400. The molecule has 0 spiro atoms. The lowest BCUT2D eigenvalue weighted by Crippen LogP contribution is -2.26. The van der Waals surface area contributed by atoms with Gasteiger partial charge in [0, 0.05) is 5.56 Å². The van der Waals surface area contributed by atoms with E-state index in [9.17, 15) is 9.50 Å². The monoisotopic (exact) mass is 261 g/mol. The van der Waals surface area contributed by atoms with E-state index in [2.05, 4.69) is 15.9 Å². The van der Waals surface area contributed by atoms with Gasteiger partial charge in [-0.2, -0.15) is 0 Å². The van der Waals surface area contributed by atoms with Gasteiger partial charge in [-0.05, 0) is 41.9 Å². The van der Waals surface area contributed by atoms with E-state index in [1.54, 1.807) is 25.1 Å². The fourth-order valence-corrected chi connectivity index (χ4v) is 1.70. The predicted molar refractivity (Wildman–Crippen MR) is 57.3 cm³/mol. The lowest BCUT2D eigenvalue weighted by atomic mass is 9.92. The second-order valence-corrected chi connectivity index (χ2v) is 4.27. The minimum absolute atomic E-state index is 0.275. The van der Waals surface area contributed by atoms with Crippen molar-refractivity contribution in [2.24, 2.45) is 5.73 Å². The highest BCUT2D eigenvalue weighted by Crippen LogP contribution is 2.29. The Hall–Kier alpha value is -0.450. The average Bonchev–Trinajstić information content (AvgIpc) is 2.09. The third-order valence-electron chi connectivity index (χ3n) is 2.16. The number of rotatable bonds is 3. The number of halogens is 2. The van der Waals surface area contributed by atoms with E-state index < -0.39 is 11.4 Å². The Morgan fingerprint density at radius 3 is 2.79 bits per heavy atom. The maximum absolute atomic E-state index is 13.6. The zero-order valence-electron chi connectivity index (χ0n) is 7.93. The molecule has 0 fully saturated rings. The molecule has 4 heteroatoms. The topological polar surface area (TPSA) is 46.2 Å². The molecule has 14 heavy (non-hydrogen) atoms. The summed E-state index contributed by atoms with van der Waals surface area (Å²) in [5.41, 5.74) is 4.42. The molecule has 0 bridgehead atoms. The Labute approximate surface area is 91.1 Å². The van der Waals surface area contributed by atoms with E-state index in [0.717, 1.165) is 0 Å². The summed E-state index contributed by atoms with van der Waals surface area (Å²) in [4.78, 5) is 0. The van der Waals surface area contributed by atoms with E-state index in [1.165, 1.54) is 0 Å². The van der Waals surface area contributed by atoms with Crippen molar-refractivity contribution < 1.29 is 9.50 Å². The third kappa shape index (κ3) is 2.32. The van der Waals surface area contributed by atoms with Crippen LogP contribution in [0.5, 0.6) is 0 Å². The highest BCUT2D eigenvalue weighted by molar-refractivity contribution is 9.10. The van der Waals surface area contributed by atoms with E-state index in [4.69, 9.17) is 5.73 Å². The Morgan fingerprint density at radius 2 is 2.21 bits per heavy atom. The second kappa shape index (κ2) is 4.38. The van der Waals surface area contributed by atoms with Crippen molar-refractivity contribution in [3.63, 3.8) is 0 Å². The van der Waals surface area contributed by atoms with Crippen molar-refractivity contribution in [1.82, 2.24) is 0 Å². The maximum Gasteiger partial charge on any atom is 0.143 e. The molecular formula is C10H13BrFNO. The van der Waals surface area contributed by atoms with Crippen molar-refractivity contribution in [2.75, 3.05) is 6.54 Å². The van der Waals surface area contributed by atoms with Crippen LogP contribution in [0.2, 0.25) is 0 Å². The van der Waals surface area contributed by atoms with E-state index in [-0.39, 0.29) is 5.56 Å². The largest absolute Gasteiger partial charge is 0.385 e. The number of aliphatic hydroxyl groups is 1. The van der Waals surface area contributed by atoms with Crippen LogP contribution in [-0.4, -0.2) is 11.7 Å². The molecule has 0 heterocycles. The minimum Gasteiger partial charge on any atom is -0.385 e. The van der Waals surface area contributed by atoms with E-state index in [0.29, 0.717) is 17.4 Å². The summed E-state index contributed by atoms with van der Waals surface area (Å²) in [6.45, 7) is 1.88. The van der Waals surface area contributed by atoms with Gasteiger partial charge in [0.1, 0.15) is 5.82 Å². The normalized spacial score (nSPS) is 15.2.